The number of benzene rings is 2. The Morgan fingerprint density at radius 2 is 1.36 bits per heavy atom. The lowest BCUT2D eigenvalue weighted by molar-refractivity contribution is -0.152. The van der Waals surface area contributed by atoms with Gasteiger partial charge in [0.25, 0.3) is 0 Å². The van der Waals surface area contributed by atoms with E-state index in [2.05, 4.69) is 6.58 Å². The number of carbonyl (C=O) groups excluding carboxylic acids is 3. The number of rotatable bonds is 16. The SMILES string of the molecule is C=CCCCCCCCCOc1ccc(C(=O)Oc2ccc(C(=O)OC(C)C(=O)OCC)cc2)cc1. The number of ether oxygens (including phenoxy) is 4. The van der Waals surface area contributed by atoms with Crippen LogP contribution in [-0.4, -0.2) is 37.2 Å². The number of carbonyl (C=O) groups is 3. The number of esters is 3. The number of hydrogen-bond donors (Lipinski definition) is 0. The molecule has 0 amide bonds. The quantitative estimate of drug-likeness (QED) is 0.116. The Kier molecular flexibility index (Phi) is 12.8. The van der Waals surface area contributed by atoms with Crippen molar-refractivity contribution >= 4 is 17.9 Å². The van der Waals surface area contributed by atoms with Crippen LogP contribution in [0.3, 0.4) is 0 Å². The summed E-state index contributed by atoms with van der Waals surface area (Å²) in [5.74, 6) is -0.827. The maximum Gasteiger partial charge on any atom is 0.347 e. The highest BCUT2D eigenvalue weighted by molar-refractivity contribution is 5.92. The van der Waals surface area contributed by atoms with Crippen LogP contribution >= 0.6 is 0 Å². The maximum absolute atomic E-state index is 12.4. The second-order valence-electron chi connectivity index (χ2n) is 8.28. The second kappa shape index (κ2) is 16.1. The fourth-order valence-corrected chi connectivity index (χ4v) is 3.34. The third-order valence-corrected chi connectivity index (χ3v) is 5.36. The van der Waals surface area contributed by atoms with E-state index < -0.39 is 24.0 Å². The van der Waals surface area contributed by atoms with E-state index in [9.17, 15) is 14.4 Å². The first-order chi connectivity index (χ1) is 17.4. The Morgan fingerprint density at radius 3 is 1.97 bits per heavy atom. The van der Waals surface area contributed by atoms with Gasteiger partial charge in [0, 0.05) is 0 Å². The zero-order valence-corrected chi connectivity index (χ0v) is 21.2. The van der Waals surface area contributed by atoms with Crippen LogP contribution in [0.5, 0.6) is 11.5 Å². The third-order valence-electron chi connectivity index (χ3n) is 5.36. The average Bonchev–Trinajstić information content (AvgIpc) is 2.88. The molecule has 7 nitrogen and oxygen atoms in total. The summed E-state index contributed by atoms with van der Waals surface area (Å²) in [4.78, 5) is 36.2. The van der Waals surface area contributed by atoms with E-state index in [-0.39, 0.29) is 17.9 Å². The van der Waals surface area contributed by atoms with Gasteiger partial charge in [-0.05, 0) is 81.6 Å². The molecule has 0 aromatic heterocycles. The van der Waals surface area contributed by atoms with Gasteiger partial charge >= 0.3 is 17.9 Å². The number of allylic oxidation sites excluding steroid dienone is 1. The molecule has 0 heterocycles. The lowest BCUT2D eigenvalue weighted by Gasteiger charge is -2.12. The molecule has 0 bridgehead atoms. The number of hydrogen-bond acceptors (Lipinski definition) is 7. The molecule has 1 atom stereocenters. The fraction of sp³-hybridized carbons (Fsp3) is 0.414. The molecule has 0 saturated carbocycles. The van der Waals surface area contributed by atoms with Crippen molar-refractivity contribution in [2.45, 2.75) is 64.9 Å². The molecule has 2 aromatic carbocycles. The van der Waals surface area contributed by atoms with Crippen LogP contribution in [0.25, 0.3) is 0 Å². The highest BCUT2D eigenvalue weighted by Crippen LogP contribution is 2.18. The molecular formula is C29H36O7. The van der Waals surface area contributed by atoms with E-state index in [1.165, 1.54) is 56.9 Å². The van der Waals surface area contributed by atoms with Gasteiger partial charge in [-0.25, -0.2) is 14.4 Å². The lowest BCUT2D eigenvalue weighted by atomic mass is 10.1. The first kappa shape index (κ1) is 28.6. The van der Waals surface area contributed by atoms with Crippen molar-refractivity contribution in [2.24, 2.45) is 0 Å². The molecule has 7 heteroatoms. The van der Waals surface area contributed by atoms with Gasteiger partial charge in [-0.3, -0.25) is 0 Å². The van der Waals surface area contributed by atoms with Crippen molar-refractivity contribution in [3.8, 4) is 11.5 Å². The molecular weight excluding hydrogens is 460 g/mol. The molecule has 2 rings (SSSR count). The summed E-state index contributed by atoms with van der Waals surface area (Å²) < 4.78 is 21.0. The predicted octanol–water partition coefficient (Wildman–Crippen LogP) is 6.31. The van der Waals surface area contributed by atoms with Crippen LogP contribution in [0.2, 0.25) is 0 Å². The van der Waals surface area contributed by atoms with Gasteiger partial charge in [0.15, 0.2) is 6.10 Å². The molecule has 0 spiro atoms. The first-order valence-electron chi connectivity index (χ1n) is 12.5. The van der Waals surface area contributed by atoms with Gasteiger partial charge < -0.3 is 18.9 Å². The van der Waals surface area contributed by atoms with Gasteiger partial charge in [0.05, 0.1) is 24.3 Å². The van der Waals surface area contributed by atoms with E-state index in [4.69, 9.17) is 18.9 Å². The van der Waals surface area contributed by atoms with Crippen LogP contribution in [0, 0.1) is 0 Å². The monoisotopic (exact) mass is 496 g/mol. The Labute approximate surface area is 213 Å². The Bertz CT molecular complexity index is 964. The van der Waals surface area contributed by atoms with Crippen LogP contribution in [0.15, 0.2) is 61.2 Å². The first-order valence-corrected chi connectivity index (χ1v) is 12.5. The van der Waals surface area contributed by atoms with Crippen molar-refractivity contribution in [1.29, 1.82) is 0 Å². The van der Waals surface area contributed by atoms with E-state index in [1.807, 2.05) is 6.08 Å². The zero-order valence-electron chi connectivity index (χ0n) is 21.2. The predicted molar refractivity (Wildman–Crippen MR) is 137 cm³/mol. The summed E-state index contributed by atoms with van der Waals surface area (Å²) in [5.41, 5.74) is 0.605. The fourth-order valence-electron chi connectivity index (χ4n) is 3.34. The van der Waals surface area contributed by atoms with Gasteiger partial charge in [-0.15, -0.1) is 6.58 Å². The van der Waals surface area contributed by atoms with Crippen LogP contribution in [-0.2, 0) is 14.3 Å². The van der Waals surface area contributed by atoms with Crippen molar-refractivity contribution < 1.29 is 33.3 Å². The summed E-state index contributed by atoms with van der Waals surface area (Å²) in [6.45, 7) is 7.70. The van der Waals surface area contributed by atoms with Gasteiger partial charge in [0.1, 0.15) is 11.5 Å². The van der Waals surface area contributed by atoms with Crippen molar-refractivity contribution in [3.63, 3.8) is 0 Å². The van der Waals surface area contributed by atoms with E-state index in [1.54, 1.807) is 31.2 Å². The molecule has 0 aliphatic heterocycles. The molecule has 2 aromatic rings. The van der Waals surface area contributed by atoms with Crippen molar-refractivity contribution in [1.82, 2.24) is 0 Å². The average molecular weight is 497 g/mol. The van der Waals surface area contributed by atoms with Crippen LogP contribution < -0.4 is 9.47 Å². The third kappa shape index (κ3) is 10.3. The second-order valence-corrected chi connectivity index (χ2v) is 8.28. The summed E-state index contributed by atoms with van der Waals surface area (Å²) in [7, 11) is 0. The zero-order chi connectivity index (χ0) is 26.2. The Hall–Kier alpha value is -3.61. The minimum absolute atomic E-state index is 0.202. The normalized spacial score (nSPS) is 11.3. The molecule has 0 aliphatic rings. The van der Waals surface area contributed by atoms with Crippen molar-refractivity contribution in [3.05, 3.63) is 72.3 Å². The molecule has 0 aliphatic carbocycles. The highest BCUT2D eigenvalue weighted by atomic mass is 16.6. The van der Waals surface area contributed by atoms with Gasteiger partial charge in [-0.1, -0.05) is 31.8 Å². The van der Waals surface area contributed by atoms with Gasteiger partial charge in [-0.2, -0.15) is 0 Å². The summed E-state index contributed by atoms with van der Waals surface area (Å²) in [6, 6.07) is 12.7. The Balaban J connectivity index is 1.74. The Morgan fingerprint density at radius 1 is 0.806 bits per heavy atom. The molecule has 0 radical (unpaired) electrons. The molecule has 0 N–H and O–H groups in total. The smallest absolute Gasteiger partial charge is 0.347 e. The van der Waals surface area contributed by atoms with E-state index >= 15 is 0 Å². The minimum Gasteiger partial charge on any atom is -0.494 e. The number of unbranched alkanes of at least 4 members (excludes halogenated alkanes) is 6. The van der Waals surface area contributed by atoms with E-state index in [0.717, 1.165) is 19.3 Å². The standard InChI is InChI=1S/C29H36O7/c1-4-6-7-8-9-10-11-12-21-34-25-17-13-24(14-18-25)29(32)36-26-19-15-23(16-20-26)28(31)35-22(3)27(30)33-5-2/h4,13-20,22H,1,5-12,21H2,2-3H3. The highest BCUT2D eigenvalue weighted by Gasteiger charge is 2.20. The molecule has 0 fully saturated rings. The summed E-state index contributed by atoms with van der Waals surface area (Å²) in [6.07, 6.45) is 9.09. The summed E-state index contributed by atoms with van der Waals surface area (Å²) in [5, 5.41) is 0. The molecule has 36 heavy (non-hydrogen) atoms. The largest absolute Gasteiger partial charge is 0.494 e. The molecule has 194 valence electrons. The van der Waals surface area contributed by atoms with Gasteiger partial charge in [0.2, 0.25) is 0 Å². The van der Waals surface area contributed by atoms with Crippen LogP contribution in [0.4, 0.5) is 0 Å². The van der Waals surface area contributed by atoms with Crippen LogP contribution in [0.1, 0.15) is 79.5 Å². The molecule has 1 unspecified atom stereocenters. The lowest BCUT2D eigenvalue weighted by Crippen LogP contribution is -2.26. The topological polar surface area (TPSA) is 88.1 Å². The van der Waals surface area contributed by atoms with E-state index in [0.29, 0.717) is 17.9 Å². The maximum atomic E-state index is 12.4. The van der Waals surface area contributed by atoms with Crippen molar-refractivity contribution in [2.75, 3.05) is 13.2 Å². The minimum atomic E-state index is -1.01. The molecule has 0 saturated heterocycles. The summed E-state index contributed by atoms with van der Waals surface area (Å²) >= 11 is 0.